The van der Waals surface area contributed by atoms with E-state index < -0.39 is 12.2 Å². The van der Waals surface area contributed by atoms with Crippen LogP contribution in [-0.2, 0) is 4.79 Å². The van der Waals surface area contributed by atoms with Crippen LogP contribution >= 0.6 is 0 Å². The zero-order chi connectivity index (χ0) is 11.0. The minimum atomic E-state index is -1.52. The molecule has 0 saturated heterocycles. The normalized spacial score (nSPS) is 12.9. The van der Waals surface area contributed by atoms with E-state index in [1.54, 1.807) is 13.0 Å². The lowest BCUT2D eigenvalue weighted by atomic mass is 10.2. The minimum Gasteiger partial charge on any atom is -0.478 e. The molecule has 2 N–H and O–H groups in total. The van der Waals surface area contributed by atoms with Gasteiger partial charge in [-0.05, 0) is 24.4 Å². The maximum Gasteiger partial charge on any atom is 0.354 e. The summed E-state index contributed by atoms with van der Waals surface area (Å²) in [5.41, 5.74) is 1.45. The van der Waals surface area contributed by atoms with Crippen molar-refractivity contribution in [2.75, 3.05) is 0 Å². The van der Waals surface area contributed by atoms with Gasteiger partial charge in [-0.25, -0.2) is 4.79 Å². The van der Waals surface area contributed by atoms with Gasteiger partial charge in [0.15, 0.2) is 0 Å². The van der Waals surface area contributed by atoms with Gasteiger partial charge in [0.05, 0.1) is 5.52 Å². The van der Waals surface area contributed by atoms with Crippen LogP contribution < -0.4 is 0 Å². The third kappa shape index (κ3) is 1.49. The van der Waals surface area contributed by atoms with Crippen LogP contribution in [0.15, 0.2) is 30.3 Å². The highest BCUT2D eigenvalue weighted by atomic mass is 16.4. The number of carbonyl (C=O) groups is 1. The lowest BCUT2D eigenvalue weighted by Gasteiger charge is -2.11. The molecule has 0 saturated carbocycles. The number of rotatable bonds is 2. The second-order valence-corrected chi connectivity index (χ2v) is 3.43. The molecule has 0 amide bonds. The number of fused-ring (bicyclic) bond motifs is 1. The molecule has 1 unspecified atom stereocenters. The Balaban J connectivity index is 2.68. The molecular weight excluding hydrogens is 194 g/mol. The molecule has 1 heterocycles. The summed E-state index contributed by atoms with van der Waals surface area (Å²) in [7, 11) is 0. The second-order valence-electron chi connectivity index (χ2n) is 3.43. The van der Waals surface area contributed by atoms with Gasteiger partial charge < -0.3 is 14.8 Å². The lowest BCUT2D eigenvalue weighted by Crippen LogP contribution is -2.18. The summed E-state index contributed by atoms with van der Waals surface area (Å²) in [5.74, 6) is -1.25. The summed E-state index contributed by atoms with van der Waals surface area (Å²) >= 11 is 0. The zero-order valence-corrected chi connectivity index (χ0v) is 8.21. The van der Waals surface area contributed by atoms with E-state index in [0.717, 1.165) is 16.6 Å². The number of nitrogens with zero attached hydrogens (tertiary/aromatic N) is 1. The van der Waals surface area contributed by atoms with Crippen LogP contribution in [0.3, 0.4) is 0 Å². The highest BCUT2D eigenvalue weighted by Crippen LogP contribution is 2.22. The summed E-state index contributed by atoms with van der Waals surface area (Å²) in [4.78, 5) is 10.7. The van der Waals surface area contributed by atoms with Crippen LogP contribution in [-0.4, -0.2) is 20.7 Å². The van der Waals surface area contributed by atoms with E-state index in [2.05, 4.69) is 0 Å². The molecule has 0 radical (unpaired) electrons. The minimum absolute atomic E-state index is 0.727. The first kappa shape index (κ1) is 9.73. The van der Waals surface area contributed by atoms with Gasteiger partial charge in [-0.15, -0.1) is 0 Å². The zero-order valence-electron chi connectivity index (χ0n) is 8.21. The number of hydrogen-bond donors (Lipinski definition) is 2. The number of para-hydroxylation sites is 1. The predicted molar refractivity (Wildman–Crippen MR) is 55.6 cm³/mol. The molecule has 78 valence electrons. The van der Waals surface area contributed by atoms with Crippen LogP contribution in [0.4, 0.5) is 0 Å². The Hall–Kier alpha value is -1.81. The molecule has 4 heteroatoms. The molecule has 4 nitrogen and oxygen atoms in total. The van der Waals surface area contributed by atoms with Gasteiger partial charge in [-0.1, -0.05) is 18.2 Å². The summed E-state index contributed by atoms with van der Waals surface area (Å²) in [6.07, 6.45) is -1.52. The molecule has 15 heavy (non-hydrogen) atoms. The maximum atomic E-state index is 10.7. The van der Waals surface area contributed by atoms with Gasteiger partial charge in [0.25, 0.3) is 0 Å². The number of aromatic nitrogens is 1. The van der Waals surface area contributed by atoms with E-state index in [-0.39, 0.29) is 0 Å². The molecule has 0 fully saturated rings. The molecule has 1 aromatic carbocycles. The molecule has 2 rings (SSSR count). The number of aliphatic carboxylic acids is 1. The van der Waals surface area contributed by atoms with E-state index >= 15 is 0 Å². The van der Waals surface area contributed by atoms with Gasteiger partial charge in [-0.3, -0.25) is 0 Å². The number of aryl methyl sites for hydroxylation is 1. The van der Waals surface area contributed by atoms with Crippen molar-refractivity contribution in [2.24, 2.45) is 0 Å². The number of benzene rings is 1. The van der Waals surface area contributed by atoms with Crippen molar-refractivity contribution in [3.05, 3.63) is 36.0 Å². The molecule has 2 aromatic rings. The number of carboxylic acids is 1. The average molecular weight is 205 g/mol. The molecule has 0 spiro atoms. The van der Waals surface area contributed by atoms with Gasteiger partial charge in [0.2, 0.25) is 6.23 Å². The topological polar surface area (TPSA) is 62.5 Å². The summed E-state index contributed by atoms with van der Waals surface area (Å²) in [6, 6.07) is 9.20. The van der Waals surface area contributed by atoms with Gasteiger partial charge in [0, 0.05) is 5.69 Å². The van der Waals surface area contributed by atoms with Crippen LogP contribution in [0.2, 0.25) is 0 Å². The Morgan fingerprint density at radius 3 is 2.73 bits per heavy atom. The fourth-order valence-electron chi connectivity index (χ4n) is 1.75. The Morgan fingerprint density at radius 1 is 1.40 bits per heavy atom. The number of carboxylic acid groups (broad SMARTS) is 1. The Labute approximate surface area is 86.4 Å². The maximum absolute atomic E-state index is 10.7. The van der Waals surface area contributed by atoms with Crippen molar-refractivity contribution >= 4 is 16.9 Å². The van der Waals surface area contributed by atoms with E-state index in [1.807, 2.05) is 24.3 Å². The molecule has 0 aliphatic carbocycles. The molecule has 1 aromatic heterocycles. The quantitative estimate of drug-likeness (QED) is 0.781. The smallest absolute Gasteiger partial charge is 0.354 e. The molecule has 0 aliphatic heterocycles. The van der Waals surface area contributed by atoms with Gasteiger partial charge >= 0.3 is 5.97 Å². The van der Waals surface area contributed by atoms with Gasteiger partial charge in [-0.2, -0.15) is 0 Å². The fourth-order valence-corrected chi connectivity index (χ4v) is 1.75. The van der Waals surface area contributed by atoms with E-state index in [1.165, 1.54) is 4.57 Å². The Kier molecular flexibility index (Phi) is 2.21. The third-order valence-electron chi connectivity index (χ3n) is 2.41. The molecule has 1 atom stereocenters. The van der Waals surface area contributed by atoms with Crippen molar-refractivity contribution in [3.63, 3.8) is 0 Å². The highest BCUT2D eigenvalue weighted by Gasteiger charge is 2.19. The highest BCUT2D eigenvalue weighted by molar-refractivity contribution is 5.83. The first-order chi connectivity index (χ1) is 7.11. The standard InChI is InChI=1S/C11H11NO3/c1-7-6-8-4-2-3-5-9(8)12(7)10(13)11(14)15/h2-6,10,13H,1H3,(H,14,15). The second kappa shape index (κ2) is 3.40. The SMILES string of the molecule is Cc1cc2ccccc2n1C(O)C(=O)O. The van der Waals surface area contributed by atoms with Crippen molar-refractivity contribution in [3.8, 4) is 0 Å². The lowest BCUT2D eigenvalue weighted by molar-refractivity contribution is -0.151. The van der Waals surface area contributed by atoms with Crippen molar-refractivity contribution in [1.29, 1.82) is 0 Å². The third-order valence-corrected chi connectivity index (χ3v) is 2.41. The molecular formula is C11H11NO3. The largest absolute Gasteiger partial charge is 0.478 e. The monoisotopic (exact) mass is 205 g/mol. The summed E-state index contributed by atoms with van der Waals surface area (Å²) in [5, 5.41) is 19.2. The van der Waals surface area contributed by atoms with Crippen molar-refractivity contribution in [1.82, 2.24) is 4.57 Å². The van der Waals surface area contributed by atoms with Crippen LogP contribution in [0, 0.1) is 6.92 Å². The van der Waals surface area contributed by atoms with E-state index in [0.29, 0.717) is 0 Å². The van der Waals surface area contributed by atoms with Crippen LogP contribution in [0.1, 0.15) is 11.9 Å². The van der Waals surface area contributed by atoms with Crippen molar-refractivity contribution in [2.45, 2.75) is 13.2 Å². The van der Waals surface area contributed by atoms with E-state index in [9.17, 15) is 9.90 Å². The Bertz CT molecular complexity index is 516. The molecule has 0 bridgehead atoms. The van der Waals surface area contributed by atoms with E-state index in [4.69, 9.17) is 5.11 Å². The number of hydrogen-bond acceptors (Lipinski definition) is 2. The predicted octanol–water partition coefficient (Wildman–Crippen LogP) is 1.53. The van der Waals surface area contributed by atoms with Crippen LogP contribution in [0.5, 0.6) is 0 Å². The average Bonchev–Trinajstić information content (AvgIpc) is 2.52. The van der Waals surface area contributed by atoms with Crippen LogP contribution in [0.25, 0.3) is 10.9 Å². The number of aliphatic hydroxyl groups is 1. The Morgan fingerprint density at radius 2 is 2.07 bits per heavy atom. The van der Waals surface area contributed by atoms with Gasteiger partial charge in [0.1, 0.15) is 0 Å². The first-order valence-electron chi connectivity index (χ1n) is 4.58. The summed E-state index contributed by atoms with van der Waals surface area (Å²) in [6.45, 7) is 1.77. The van der Waals surface area contributed by atoms with Crippen molar-refractivity contribution < 1.29 is 15.0 Å². The first-order valence-corrected chi connectivity index (χ1v) is 4.58. The molecule has 0 aliphatic rings. The number of aliphatic hydroxyl groups excluding tert-OH is 1. The fraction of sp³-hybridized carbons (Fsp3) is 0.182. The summed E-state index contributed by atoms with van der Waals surface area (Å²) < 4.78 is 1.40.